The molecule has 5 nitrogen and oxygen atoms in total. The lowest BCUT2D eigenvalue weighted by atomic mass is 10.1. The van der Waals surface area contributed by atoms with Gasteiger partial charge in [-0.25, -0.2) is 10.5 Å². The number of aryl methyl sites for hydroxylation is 1. The summed E-state index contributed by atoms with van der Waals surface area (Å²) in [6.45, 7) is 1.85. The van der Waals surface area contributed by atoms with Gasteiger partial charge in [0, 0.05) is 12.3 Å². The summed E-state index contributed by atoms with van der Waals surface area (Å²) in [4.78, 5) is 14.8. The third-order valence-electron chi connectivity index (χ3n) is 1.88. The zero-order valence-corrected chi connectivity index (χ0v) is 8.07. The largest absolute Gasteiger partial charge is 0.481 e. The molecule has 0 aliphatic carbocycles. The van der Waals surface area contributed by atoms with Crippen LogP contribution in [0.4, 0.5) is 0 Å². The van der Waals surface area contributed by atoms with Crippen molar-refractivity contribution in [1.29, 1.82) is 0 Å². The van der Waals surface area contributed by atoms with Gasteiger partial charge in [0.15, 0.2) is 0 Å². The third kappa shape index (κ3) is 2.43. The molecular weight excluding hydrogens is 184 g/mol. The maximum Gasteiger partial charge on any atom is 0.247 e. The summed E-state index contributed by atoms with van der Waals surface area (Å²) in [6.07, 6.45) is 1.67. The maximum atomic E-state index is 10.9. The van der Waals surface area contributed by atoms with Crippen molar-refractivity contribution in [3.63, 3.8) is 0 Å². The first-order valence-corrected chi connectivity index (χ1v) is 4.10. The molecule has 0 fully saturated rings. The Labute approximate surface area is 81.7 Å². The van der Waals surface area contributed by atoms with Crippen LogP contribution in [0.2, 0.25) is 0 Å². The van der Waals surface area contributed by atoms with E-state index < -0.39 is 5.91 Å². The molecule has 0 saturated heterocycles. The van der Waals surface area contributed by atoms with Crippen molar-refractivity contribution in [3.05, 3.63) is 23.4 Å². The fourth-order valence-corrected chi connectivity index (χ4v) is 1.07. The minimum Gasteiger partial charge on any atom is -0.481 e. The number of carbonyl (C=O) groups is 1. The van der Waals surface area contributed by atoms with Crippen molar-refractivity contribution in [2.45, 2.75) is 13.3 Å². The third-order valence-corrected chi connectivity index (χ3v) is 1.88. The van der Waals surface area contributed by atoms with Crippen LogP contribution in [0, 0.1) is 6.92 Å². The molecule has 14 heavy (non-hydrogen) atoms. The summed E-state index contributed by atoms with van der Waals surface area (Å²) in [5.41, 5.74) is 3.24. The van der Waals surface area contributed by atoms with Crippen LogP contribution in [0.15, 0.2) is 12.3 Å². The topological polar surface area (TPSA) is 71.5 Å². The van der Waals surface area contributed by atoms with Gasteiger partial charge >= 0.3 is 0 Å². The second-order valence-electron chi connectivity index (χ2n) is 2.86. The normalized spacial score (nSPS) is 9.64. The number of ether oxygens (including phenoxy) is 1. The van der Waals surface area contributed by atoms with E-state index in [0.717, 1.165) is 11.1 Å². The molecule has 0 unspecified atom stereocenters. The molecule has 2 N–H and O–H groups in total. The average molecular weight is 196 g/mol. The molecule has 76 valence electrons. The van der Waals surface area contributed by atoms with E-state index in [1.54, 1.807) is 17.7 Å². The first-order chi connectivity index (χ1) is 6.67. The number of amides is 1. The monoisotopic (exact) mass is 196 g/mol. The van der Waals surface area contributed by atoms with E-state index in [1.165, 1.54) is 7.11 Å². The van der Waals surface area contributed by atoms with Crippen molar-refractivity contribution in [1.82, 2.24) is 10.5 Å². The number of aromatic nitrogens is 1. The van der Waals surface area contributed by atoms with Crippen LogP contribution < -0.4 is 10.2 Å². The lowest BCUT2D eigenvalue weighted by Crippen LogP contribution is -2.21. The number of hydrogen-bond acceptors (Lipinski definition) is 4. The molecule has 0 aliphatic heterocycles. The molecule has 0 bridgehead atoms. The summed E-state index contributed by atoms with van der Waals surface area (Å²) >= 11 is 0. The Morgan fingerprint density at radius 1 is 1.71 bits per heavy atom. The molecule has 0 saturated carbocycles. The molecule has 0 aliphatic rings. The predicted octanol–water partition coefficient (Wildman–Crippen LogP) is 0.447. The zero-order valence-electron chi connectivity index (χ0n) is 8.07. The molecule has 0 spiro atoms. The summed E-state index contributed by atoms with van der Waals surface area (Å²) in [7, 11) is 1.53. The predicted molar refractivity (Wildman–Crippen MR) is 49.2 cm³/mol. The summed E-state index contributed by atoms with van der Waals surface area (Å²) in [5, 5.41) is 8.34. The Balaban J connectivity index is 2.83. The minimum absolute atomic E-state index is 0.110. The number of hydrogen-bond donors (Lipinski definition) is 2. The minimum atomic E-state index is -0.458. The van der Waals surface area contributed by atoms with Gasteiger partial charge in [-0.3, -0.25) is 10.0 Å². The smallest absolute Gasteiger partial charge is 0.247 e. The molecule has 0 radical (unpaired) electrons. The van der Waals surface area contributed by atoms with Crippen molar-refractivity contribution in [2.24, 2.45) is 0 Å². The van der Waals surface area contributed by atoms with Crippen LogP contribution in [-0.2, 0) is 11.2 Å². The van der Waals surface area contributed by atoms with Crippen molar-refractivity contribution < 1.29 is 14.7 Å². The number of carbonyl (C=O) groups excluding carboxylic acids is 1. The highest BCUT2D eigenvalue weighted by Crippen LogP contribution is 2.13. The lowest BCUT2D eigenvalue weighted by Gasteiger charge is -2.05. The van der Waals surface area contributed by atoms with Crippen LogP contribution in [0.25, 0.3) is 0 Å². The molecule has 1 amide bonds. The molecular formula is C9H12N2O3. The number of pyridine rings is 1. The van der Waals surface area contributed by atoms with Crippen LogP contribution in [0.5, 0.6) is 5.88 Å². The van der Waals surface area contributed by atoms with E-state index in [9.17, 15) is 4.79 Å². The van der Waals surface area contributed by atoms with Crippen LogP contribution in [-0.4, -0.2) is 23.2 Å². The maximum absolute atomic E-state index is 10.9. The second kappa shape index (κ2) is 4.57. The standard InChI is InChI=1S/C9H12N2O3/c1-6-3-9(14-2)10-5-7(6)4-8(12)11-13/h3,5,13H,4H2,1-2H3,(H,11,12). The van der Waals surface area contributed by atoms with Crippen LogP contribution in [0.3, 0.4) is 0 Å². The van der Waals surface area contributed by atoms with E-state index in [1.807, 2.05) is 6.92 Å². The van der Waals surface area contributed by atoms with E-state index in [2.05, 4.69) is 4.98 Å². The van der Waals surface area contributed by atoms with Gasteiger partial charge in [-0.1, -0.05) is 0 Å². The van der Waals surface area contributed by atoms with Gasteiger partial charge in [-0.05, 0) is 18.1 Å². The summed E-state index contributed by atoms with van der Waals surface area (Å²) in [5.74, 6) is 0.0516. The fraction of sp³-hybridized carbons (Fsp3) is 0.333. The van der Waals surface area contributed by atoms with Gasteiger partial charge in [-0.15, -0.1) is 0 Å². The fourth-order valence-electron chi connectivity index (χ4n) is 1.07. The Morgan fingerprint density at radius 2 is 2.43 bits per heavy atom. The Morgan fingerprint density at radius 3 is 2.93 bits per heavy atom. The van der Waals surface area contributed by atoms with Gasteiger partial charge in [0.1, 0.15) is 0 Å². The quantitative estimate of drug-likeness (QED) is 0.543. The molecule has 0 atom stereocenters. The molecule has 0 aromatic carbocycles. The summed E-state index contributed by atoms with van der Waals surface area (Å²) < 4.78 is 4.92. The van der Waals surface area contributed by atoms with Gasteiger partial charge < -0.3 is 4.74 Å². The number of nitrogens with one attached hydrogen (secondary N) is 1. The van der Waals surface area contributed by atoms with E-state index >= 15 is 0 Å². The highest BCUT2D eigenvalue weighted by atomic mass is 16.5. The summed E-state index contributed by atoms with van der Waals surface area (Å²) in [6, 6.07) is 1.74. The first-order valence-electron chi connectivity index (χ1n) is 4.10. The van der Waals surface area contributed by atoms with Gasteiger partial charge in [0.05, 0.1) is 13.5 Å². The number of rotatable bonds is 3. The van der Waals surface area contributed by atoms with Crippen LogP contribution >= 0.6 is 0 Å². The van der Waals surface area contributed by atoms with Crippen molar-refractivity contribution in [3.8, 4) is 5.88 Å². The zero-order chi connectivity index (χ0) is 10.6. The van der Waals surface area contributed by atoms with Crippen LogP contribution in [0.1, 0.15) is 11.1 Å². The molecule has 1 aromatic heterocycles. The number of methoxy groups -OCH3 is 1. The van der Waals surface area contributed by atoms with Gasteiger partial charge in [0.25, 0.3) is 0 Å². The SMILES string of the molecule is COc1cc(C)c(CC(=O)NO)cn1. The molecule has 1 heterocycles. The Kier molecular flexibility index (Phi) is 3.41. The Hall–Kier alpha value is -1.62. The van der Waals surface area contributed by atoms with E-state index in [0.29, 0.717) is 5.88 Å². The Bertz CT molecular complexity index is 339. The molecule has 5 heteroatoms. The molecule has 1 rings (SSSR count). The number of nitrogens with zero attached hydrogens (tertiary/aromatic N) is 1. The molecule has 1 aromatic rings. The highest BCUT2D eigenvalue weighted by molar-refractivity contribution is 5.77. The average Bonchev–Trinajstić information content (AvgIpc) is 2.20. The van der Waals surface area contributed by atoms with Gasteiger partial charge in [-0.2, -0.15) is 0 Å². The van der Waals surface area contributed by atoms with Crippen molar-refractivity contribution >= 4 is 5.91 Å². The van der Waals surface area contributed by atoms with E-state index in [-0.39, 0.29) is 6.42 Å². The highest BCUT2D eigenvalue weighted by Gasteiger charge is 2.06. The lowest BCUT2D eigenvalue weighted by molar-refractivity contribution is -0.128. The van der Waals surface area contributed by atoms with Gasteiger partial charge in [0.2, 0.25) is 11.8 Å². The van der Waals surface area contributed by atoms with E-state index in [4.69, 9.17) is 9.94 Å². The first kappa shape index (κ1) is 10.5. The van der Waals surface area contributed by atoms with Crippen molar-refractivity contribution in [2.75, 3.05) is 7.11 Å². The second-order valence-corrected chi connectivity index (χ2v) is 2.86. The number of hydroxylamine groups is 1.